The Balaban J connectivity index is 4.51. The van der Waals surface area contributed by atoms with Crippen LogP contribution in [0.2, 0.25) is 0 Å². The molecular weight excluding hydrogens is 218 g/mol. The molecular formula is C11H27N5O. The van der Waals surface area contributed by atoms with Crippen molar-refractivity contribution in [3.05, 3.63) is 0 Å². The number of nitrogens with two attached hydrogens (primary N) is 1. The number of nitrogens with zero attached hydrogens (tertiary/aromatic N) is 3. The third-order valence-electron chi connectivity index (χ3n) is 2.46. The highest BCUT2D eigenvalue weighted by atomic mass is 16.5. The minimum absolute atomic E-state index is 0.354. The van der Waals surface area contributed by atoms with Crippen molar-refractivity contribution in [3.63, 3.8) is 0 Å². The standard InChI is InChI=1S/C11H27N5O/c1-6-16(10(2)9-15(3)4)11(14-12)13-7-8-17-5/h10H,6-9,12H2,1-5H3,(H,13,14). The molecule has 0 fully saturated rings. The largest absolute Gasteiger partial charge is 0.383 e. The van der Waals surface area contributed by atoms with E-state index >= 15 is 0 Å². The number of ether oxygens (including phenoxy) is 1. The zero-order chi connectivity index (χ0) is 13.3. The van der Waals surface area contributed by atoms with E-state index in [0.717, 1.165) is 19.0 Å². The lowest BCUT2D eigenvalue weighted by atomic mass is 10.3. The highest BCUT2D eigenvalue weighted by Gasteiger charge is 2.16. The Morgan fingerprint density at radius 3 is 2.53 bits per heavy atom. The Bertz CT molecular complexity index is 220. The minimum atomic E-state index is 0.354. The van der Waals surface area contributed by atoms with Gasteiger partial charge in [-0.2, -0.15) is 0 Å². The first kappa shape index (κ1) is 16.1. The molecule has 3 N–H and O–H groups in total. The molecule has 1 unspecified atom stereocenters. The lowest BCUT2D eigenvalue weighted by Gasteiger charge is -2.32. The lowest BCUT2D eigenvalue weighted by Crippen LogP contribution is -2.51. The van der Waals surface area contributed by atoms with E-state index in [1.54, 1.807) is 7.11 Å². The number of likely N-dealkylation sites (N-methyl/N-ethyl adjacent to an activating group) is 2. The number of hydrogen-bond donors (Lipinski definition) is 2. The molecule has 0 aromatic heterocycles. The second kappa shape index (κ2) is 9.21. The molecule has 6 nitrogen and oxygen atoms in total. The van der Waals surface area contributed by atoms with E-state index in [4.69, 9.17) is 10.6 Å². The fourth-order valence-corrected chi connectivity index (χ4v) is 1.76. The molecule has 0 radical (unpaired) electrons. The molecule has 17 heavy (non-hydrogen) atoms. The average Bonchev–Trinajstić information content (AvgIpc) is 2.27. The molecule has 0 aromatic carbocycles. The monoisotopic (exact) mass is 245 g/mol. The average molecular weight is 245 g/mol. The van der Waals surface area contributed by atoms with Gasteiger partial charge in [-0.25, -0.2) is 10.8 Å². The smallest absolute Gasteiger partial charge is 0.208 e. The van der Waals surface area contributed by atoms with E-state index < -0.39 is 0 Å². The first-order valence-corrected chi connectivity index (χ1v) is 5.98. The van der Waals surface area contributed by atoms with Crippen molar-refractivity contribution < 1.29 is 4.74 Å². The lowest BCUT2D eigenvalue weighted by molar-refractivity contribution is 0.206. The second-order valence-electron chi connectivity index (χ2n) is 4.24. The van der Waals surface area contributed by atoms with Crippen LogP contribution in [0.1, 0.15) is 13.8 Å². The molecule has 0 heterocycles. The summed E-state index contributed by atoms with van der Waals surface area (Å²) in [6.07, 6.45) is 0. The van der Waals surface area contributed by atoms with Gasteiger partial charge in [0.2, 0.25) is 5.96 Å². The normalized spacial score (nSPS) is 13.9. The van der Waals surface area contributed by atoms with Gasteiger partial charge in [-0.05, 0) is 27.9 Å². The van der Waals surface area contributed by atoms with Crippen molar-refractivity contribution in [1.82, 2.24) is 15.2 Å². The Hall–Kier alpha value is -0.850. The number of rotatable bonds is 7. The zero-order valence-electron chi connectivity index (χ0n) is 11.7. The fourth-order valence-electron chi connectivity index (χ4n) is 1.76. The number of guanidine groups is 1. The molecule has 102 valence electrons. The van der Waals surface area contributed by atoms with Crippen molar-refractivity contribution in [2.75, 3.05) is 47.4 Å². The molecule has 0 saturated carbocycles. The summed E-state index contributed by atoms with van der Waals surface area (Å²) in [5.74, 6) is 6.24. The Morgan fingerprint density at radius 2 is 2.12 bits per heavy atom. The van der Waals surface area contributed by atoms with Gasteiger partial charge in [-0.15, -0.1) is 0 Å². The van der Waals surface area contributed by atoms with Crippen LogP contribution in [0.3, 0.4) is 0 Å². The molecule has 0 saturated heterocycles. The summed E-state index contributed by atoms with van der Waals surface area (Å²) in [5, 5.41) is 0. The van der Waals surface area contributed by atoms with Gasteiger partial charge >= 0.3 is 0 Å². The molecule has 0 aliphatic rings. The van der Waals surface area contributed by atoms with E-state index in [9.17, 15) is 0 Å². The van der Waals surface area contributed by atoms with E-state index in [2.05, 4.69) is 48.2 Å². The van der Waals surface area contributed by atoms with Crippen LogP contribution >= 0.6 is 0 Å². The first-order chi connectivity index (χ1) is 8.06. The molecule has 0 spiro atoms. The molecule has 0 aromatic rings. The van der Waals surface area contributed by atoms with Crippen LogP contribution in [-0.2, 0) is 4.74 Å². The van der Waals surface area contributed by atoms with Crippen molar-refractivity contribution >= 4 is 5.96 Å². The van der Waals surface area contributed by atoms with Crippen LogP contribution in [0.5, 0.6) is 0 Å². The summed E-state index contributed by atoms with van der Waals surface area (Å²) in [5.41, 5.74) is 2.67. The quantitative estimate of drug-likeness (QED) is 0.212. The second-order valence-corrected chi connectivity index (χ2v) is 4.24. The Labute approximate surface area is 105 Å². The van der Waals surface area contributed by atoms with E-state index in [0.29, 0.717) is 19.2 Å². The predicted molar refractivity (Wildman–Crippen MR) is 71.9 cm³/mol. The third-order valence-corrected chi connectivity index (χ3v) is 2.46. The maximum atomic E-state index is 5.52. The van der Waals surface area contributed by atoms with Crippen LogP contribution < -0.4 is 11.3 Å². The molecule has 0 rings (SSSR count). The summed E-state index contributed by atoms with van der Waals surface area (Å²) in [7, 11) is 5.78. The van der Waals surface area contributed by atoms with Crippen LogP contribution in [-0.4, -0.2) is 69.2 Å². The number of hydrazine groups is 1. The van der Waals surface area contributed by atoms with Crippen LogP contribution in [0.15, 0.2) is 4.99 Å². The van der Waals surface area contributed by atoms with Crippen molar-refractivity contribution in [1.29, 1.82) is 0 Å². The van der Waals surface area contributed by atoms with Gasteiger partial charge in [0.25, 0.3) is 0 Å². The zero-order valence-corrected chi connectivity index (χ0v) is 11.7. The van der Waals surface area contributed by atoms with E-state index in [1.165, 1.54) is 0 Å². The number of nitrogens with one attached hydrogen (secondary N) is 1. The Kier molecular flexibility index (Phi) is 8.75. The summed E-state index contributed by atoms with van der Waals surface area (Å²) >= 11 is 0. The van der Waals surface area contributed by atoms with E-state index in [-0.39, 0.29) is 0 Å². The van der Waals surface area contributed by atoms with Crippen LogP contribution in [0, 0.1) is 0 Å². The summed E-state index contributed by atoms with van der Waals surface area (Å²) < 4.78 is 4.97. The SMILES string of the molecule is CCN(C(=NCCOC)NN)C(C)CN(C)C. The molecule has 0 aliphatic carbocycles. The van der Waals surface area contributed by atoms with Crippen molar-refractivity contribution in [2.24, 2.45) is 10.8 Å². The van der Waals surface area contributed by atoms with Gasteiger partial charge in [0.05, 0.1) is 13.2 Å². The number of hydrogen-bond acceptors (Lipinski definition) is 4. The van der Waals surface area contributed by atoms with Crippen LogP contribution in [0.25, 0.3) is 0 Å². The summed E-state index contributed by atoms with van der Waals surface area (Å²) in [6.45, 7) is 7.29. The van der Waals surface area contributed by atoms with Gasteiger partial charge in [0.1, 0.15) is 0 Å². The van der Waals surface area contributed by atoms with Gasteiger partial charge < -0.3 is 14.5 Å². The van der Waals surface area contributed by atoms with Crippen LogP contribution in [0.4, 0.5) is 0 Å². The Morgan fingerprint density at radius 1 is 1.47 bits per heavy atom. The maximum absolute atomic E-state index is 5.52. The van der Waals surface area contributed by atoms with Gasteiger partial charge in [0.15, 0.2) is 0 Å². The van der Waals surface area contributed by atoms with Gasteiger partial charge in [-0.1, -0.05) is 0 Å². The topological polar surface area (TPSA) is 66.1 Å². The highest BCUT2D eigenvalue weighted by Crippen LogP contribution is 2.00. The van der Waals surface area contributed by atoms with Crippen molar-refractivity contribution in [3.8, 4) is 0 Å². The minimum Gasteiger partial charge on any atom is -0.383 e. The molecule has 0 amide bonds. The third kappa shape index (κ3) is 6.45. The molecule has 1 atom stereocenters. The summed E-state index contributed by atoms with van der Waals surface area (Å²) in [4.78, 5) is 8.69. The number of aliphatic imine (C=N–C) groups is 1. The fraction of sp³-hybridized carbons (Fsp3) is 0.909. The summed E-state index contributed by atoms with van der Waals surface area (Å²) in [6, 6.07) is 0.354. The molecule has 6 heteroatoms. The van der Waals surface area contributed by atoms with Gasteiger partial charge in [-0.3, -0.25) is 5.43 Å². The highest BCUT2D eigenvalue weighted by molar-refractivity contribution is 5.79. The maximum Gasteiger partial charge on any atom is 0.208 e. The molecule has 0 bridgehead atoms. The number of methoxy groups -OCH3 is 1. The van der Waals surface area contributed by atoms with E-state index in [1.807, 2.05) is 0 Å². The molecule has 0 aliphatic heterocycles. The van der Waals surface area contributed by atoms with Crippen molar-refractivity contribution in [2.45, 2.75) is 19.9 Å². The first-order valence-electron chi connectivity index (χ1n) is 5.98. The van der Waals surface area contributed by atoms with Gasteiger partial charge in [0, 0.05) is 26.2 Å². The predicted octanol–water partition coefficient (Wildman–Crippen LogP) is -0.276.